The number of nitrogens with zero attached hydrogens (tertiary/aromatic N) is 3. The van der Waals surface area contributed by atoms with Crippen LogP contribution in [-0.4, -0.2) is 41.4 Å². The van der Waals surface area contributed by atoms with E-state index in [-0.39, 0.29) is 5.91 Å². The molecule has 2 aromatic rings. The summed E-state index contributed by atoms with van der Waals surface area (Å²) in [4.78, 5) is 18.8. The second-order valence-electron chi connectivity index (χ2n) is 6.81. The second kappa shape index (κ2) is 6.99. The third kappa shape index (κ3) is 3.33. The molecule has 1 amide bonds. The molecule has 3 heterocycles. The Morgan fingerprint density at radius 1 is 1.20 bits per heavy atom. The molecule has 0 spiro atoms. The maximum Gasteiger partial charge on any atom is 0.253 e. The molecule has 0 bridgehead atoms. The lowest BCUT2D eigenvalue weighted by Crippen LogP contribution is -2.47. The van der Waals surface area contributed by atoms with Gasteiger partial charge < -0.3 is 4.90 Å². The van der Waals surface area contributed by atoms with Crippen molar-refractivity contribution >= 4 is 17.2 Å². The van der Waals surface area contributed by atoms with Gasteiger partial charge in [0.15, 0.2) is 0 Å². The summed E-state index contributed by atoms with van der Waals surface area (Å²) in [5.74, 6) is 0.0503. The normalized spacial score (nSPS) is 18.6. The number of thiophene rings is 1. The highest BCUT2D eigenvalue weighted by atomic mass is 32.1. The Kier molecular flexibility index (Phi) is 4.56. The van der Waals surface area contributed by atoms with Gasteiger partial charge in [0.1, 0.15) is 0 Å². The van der Waals surface area contributed by atoms with Crippen LogP contribution in [-0.2, 0) is 13.0 Å². The van der Waals surface area contributed by atoms with Crippen molar-refractivity contribution in [1.29, 1.82) is 5.26 Å². The van der Waals surface area contributed by atoms with Crippen LogP contribution in [0.5, 0.6) is 0 Å². The molecule has 4 nitrogen and oxygen atoms in total. The second-order valence-corrected chi connectivity index (χ2v) is 7.81. The number of hydrogen-bond acceptors (Lipinski definition) is 4. The monoisotopic (exact) mass is 351 g/mol. The summed E-state index contributed by atoms with van der Waals surface area (Å²) in [6, 6.07) is 11.9. The van der Waals surface area contributed by atoms with Gasteiger partial charge >= 0.3 is 0 Å². The van der Waals surface area contributed by atoms with E-state index in [1.807, 2.05) is 16.2 Å². The number of benzene rings is 1. The molecule has 1 aromatic heterocycles. The average Bonchev–Trinajstić information content (AvgIpc) is 3.15. The predicted octanol–water partition coefficient (Wildman–Crippen LogP) is 3.28. The Morgan fingerprint density at radius 2 is 2.04 bits per heavy atom. The summed E-state index contributed by atoms with van der Waals surface area (Å²) in [6.45, 7) is 3.79. The molecule has 128 valence electrons. The van der Waals surface area contributed by atoms with Gasteiger partial charge in [-0.25, -0.2) is 0 Å². The lowest BCUT2D eigenvalue weighted by atomic mass is 9.99. The van der Waals surface area contributed by atoms with E-state index in [1.54, 1.807) is 29.1 Å². The van der Waals surface area contributed by atoms with E-state index in [9.17, 15) is 4.79 Å². The molecule has 1 aromatic carbocycles. The number of likely N-dealkylation sites (tertiary alicyclic amines) is 1. The maximum atomic E-state index is 12.7. The van der Waals surface area contributed by atoms with Crippen molar-refractivity contribution in [3.63, 3.8) is 0 Å². The van der Waals surface area contributed by atoms with E-state index in [0.29, 0.717) is 17.2 Å². The Morgan fingerprint density at radius 3 is 2.84 bits per heavy atom. The molecule has 1 saturated heterocycles. The van der Waals surface area contributed by atoms with Crippen molar-refractivity contribution in [1.82, 2.24) is 9.80 Å². The van der Waals surface area contributed by atoms with Gasteiger partial charge in [0.05, 0.1) is 11.6 Å². The van der Waals surface area contributed by atoms with Gasteiger partial charge in [-0.2, -0.15) is 5.26 Å². The van der Waals surface area contributed by atoms with Crippen LogP contribution in [0.15, 0.2) is 35.7 Å². The highest BCUT2D eigenvalue weighted by molar-refractivity contribution is 7.10. The first-order valence-corrected chi connectivity index (χ1v) is 9.71. The first-order chi connectivity index (χ1) is 12.2. The standard InChI is InChI=1S/C20H21N3OS/c21-13-15-2-1-3-16(12-15)20(24)22-8-4-18(5-9-22)23-10-6-19-17(14-23)7-11-25-19/h1-3,7,11-12,18H,4-6,8-10,14H2. The number of amides is 1. The van der Waals surface area contributed by atoms with Gasteiger partial charge in [-0.05, 0) is 54.5 Å². The van der Waals surface area contributed by atoms with Gasteiger partial charge in [0.25, 0.3) is 5.91 Å². The lowest BCUT2D eigenvalue weighted by Gasteiger charge is -2.40. The molecule has 0 aliphatic carbocycles. The number of rotatable bonds is 2. The lowest BCUT2D eigenvalue weighted by molar-refractivity contribution is 0.0600. The van der Waals surface area contributed by atoms with Gasteiger partial charge in [0.2, 0.25) is 0 Å². The first kappa shape index (κ1) is 16.3. The third-order valence-corrected chi connectivity index (χ3v) is 6.37. The zero-order valence-electron chi connectivity index (χ0n) is 14.1. The van der Waals surface area contributed by atoms with Crippen molar-refractivity contribution in [3.8, 4) is 6.07 Å². The number of fused-ring (bicyclic) bond motifs is 1. The van der Waals surface area contributed by atoms with Gasteiger partial charge in [-0.1, -0.05) is 6.07 Å². The quantitative estimate of drug-likeness (QED) is 0.834. The van der Waals surface area contributed by atoms with E-state index in [2.05, 4.69) is 22.4 Å². The molecular weight excluding hydrogens is 330 g/mol. The number of carbonyl (C=O) groups is 1. The maximum absolute atomic E-state index is 12.7. The van der Waals surface area contributed by atoms with Crippen LogP contribution < -0.4 is 0 Å². The molecule has 0 N–H and O–H groups in total. The SMILES string of the molecule is N#Cc1cccc(C(=O)N2CCC(N3CCc4sccc4C3)CC2)c1. The minimum Gasteiger partial charge on any atom is -0.339 e. The van der Waals surface area contributed by atoms with E-state index in [0.717, 1.165) is 45.4 Å². The smallest absolute Gasteiger partial charge is 0.253 e. The molecule has 4 rings (SSSR count). The number of piperidine rings is 1. The Bertz CT molecular complexity index is 814. The molecule has 25 heavy (non-hydrogen) atoms. The number of hydrogen-bond donors (Lipinski definition) is 0. The van der Waals surface area contributed by atoms with Crippen LogP contribution >= 0.6 is 11.3 Å². The summed E-state index contributed by atoms with van der Waals surface area (Å²) in [5.41, 5.74) is 2.65. The number of nitriles is 1. The summed E-state index contributed by atoms with van der Waals surface area (Å²) in [5, 5.41) is 11.2. The molecule has 5 heteroatoms. The molecule has 0 radical (unpaired) electrons. The molecule has 1 fully saturated rings. The van der Waals surface area contributed by atoms with Crippen molar-refractivity contribution in [2.75, 3.05) is 19.6 Å². The fraction of sp³-hybridized carbons (Fsp3) is 0.400. The fourth-order valence-corrected chi connectivity index (χ4v) is 4.81. The highest BCUT2D eigenvalue weighted by Crippen LogP contribution is 2.28. The van der Waals surface area contributed by atoms with Crippen LogP contribution in [0.25, 0.3) is 0 Å². The molecule has 0 saturated carbocycles. The molecule has 2 aliphatic heterocycles. The van der Waals surface area contributed by atoms with Gasteiger partial charge in [-0.3, -0.25) is 9.69 Å². The average molecular weight is 351 g/mol. The Labute approximate surface area is 152 Å². The van der Waals surface area contributed by atoms with Crippen LogP contribution in [0, 0.1) is 11.3 Å². The zero-order valence-corrected chi connectivity index (χ0v) is 15.0. The minimum absolute atomic E-state index is 0.0503. The zero-order chi connectivity index (χ0) is 17.2. The molecular formula is C20H21N3OS. The summed E-state index contributed by atoms with van der Waals surface area (Å²) in [6.07, 6.45) is 3.22. The van der Waals surface area contributed by atoms with Crippen LogP contribution in [0.1, 0.15) is 39.2 Å². The van der Waals surface area contributed by atoms with Crippen molar-refractivity contribution in [3.05, 3.63) is 57.3 Å². The van der Waals surface area contributed by atoms with Gasteiger partial charge in [-0.15, -0.1) is 11.3 Å². The minimum atomic E-state index is 0.0503. The summed E-state index contributed by atoms with van der Waals surface area (Å²) < 4.78 is 0. The van der Waals surface area contributed by atoms with Gasteiger partial charge in [0, 0.05) is 42.7 Å². The third-order valence-electron chi connectivity index (χ3n) is 5.34. The van der Waals surface area contributed by atoms with E-state index in [4.69, 9.17) is 5.26 Å². The molecule has 0 unspecified atom stereocenters. The van der Waals surface area contributed by atoms with E-state index < -0.39 is 0 Å². The van der Waals surface area contributed by atoms with Crippen LogP contribution in [0.3, 0.4) is 0 Å². The van der Waals surface area contributed by atoms with Crippen LogP contribution in [0.2, 0.25) is 0 Å². The summed E-state index contributed by atoms with van der Waals surface area (Å²) in [7, 11) is 0. The Hall–Kier alpha value is -2.16. The molecule has 2 aliphatic rings. The van der Waals surface area contributed by atoms with Crippen molar-refractivity contribution < 1.29 is 4.79 Å². The Balaban J connectivity index is 1.37. The van der Waals surface area contributed by atoms with Crippen LogP contribution in [0.4, 0.5) is 0 Å². The van der Waals surface area contributed by atoms with E-state index in [1.165, 1.54) is 5.56 Å². The van der Waals surface area contributed by atoms with Crippen molar-refractivity contribution in [2.24, 2.45) is 0 Å². The first-order valence-electron chi connectivity index (χ1n) is 8.83. The fourth-order valence-electron chi connectivity index (χ4n) is 3.92. The summed E-state index contributed by atoms with van der Waals surface area (Å²) >= 11 is 1.88. The number of carbonyl (C=O) groups excluding carboxylic acids is 1. The molecule has 0 atom stereocenters. The van der Waals surface area contributed by atoms with E-state index >= 15 is 0 Å². The topological polar surface area (TPSA) is 47.3 Å². The largest absolute Gasteiger partial charge is 0.339 e. The predicted molar refractivity (Wildman–Crippen MR) is 98.5 cm³/mol. The highest BCUT2D eigenvalue weighted by Gasteiger charge is 2.29. The van der Waals surface area contributed by atoms with Crippen molar-refractivity contribution in [2.45, 2.75) is 31.8 Å².